The maximum atomic E-state index is 13.1. The molecule has 5 atom stereocenters. The van der Waals surface area contributed by atoms with Crippen molar-refractivity contribution in [1.29, 1.82) is 0 Å². The third kappa shape index (κ3) is 6.57. The fourth-order valence-electron chi connectivity index (χ4n) is 3.54. The summed E-state index contributed by atoms with van der Waals surface area (Å²) in [7, 11) is -10.6. The van der Waals surface area contributed by atoms with Crippen LogP contribution < -0.4 is 11.2 Å². The van der Waals surface area contributed by atoms with Gasteiger partial charge in [-0.1, -0.05) is 30.3 Å². The van der Waals surface area contributed by atoms with E-state index in [4.69, 9.17) is 14.5 Å². The highest BCUT2D eigenvalue weighted by molar-refractivity contribution is 7.60. The number of aliphatic hydroxyl groups is 2. The van der Waals surface area contributed by atoms with Crippen LogP contribution in [0, 0.1) is 0 Å². The highest BCUT2D eigenvalue weighted by Gasteiger charge is 2.46. The van der Waals surface area contributed by atoms with Gasteiger partial charge in [0.15, 0.2) is 6.23 Å². The van der Waals surface area contributed by atoms with Gasteiger partial charge in [-0.3, -0.25) is 18.5 Å². The summed E-state index contributed by atoms with van der Waals surface area (Å²) in [5.74, 6) is 0. The summed E-state index contributed by atoms with van der Waals surface area (Å²) >= 11 is 1.28. The van der Waals surface area contributed by atoms with Crippen LogP contribution in [0.4, 0.5) is 0 Å². The molecule has 5 N–H and O–H groups in total. The van der Waals surface area contributed by atoms with Crippen molar-refractivity contribution in [2.45, 2.75) is 31.1 Å². The molecule has 18 heteroatoms. The van der Waals surface area contributed by atoms with E-state index in [1.165, 1.54) is 17.5 Å². The molecule has 1 aromatic carbocycles. The lowest BCUT2D eigenvalue weighted by atomic mass is 10.1. The molecule has 200 valence electrons. The molecule has 1 aliphatic rings. The Hall–Kier alpha value is -2.33. The Balaban J connectivity index is 1.52. The van der Waals surface area contributed by atoms with Crippen molar-refractivity contribution >= 4 is 27.0 Å². The number of thiazole rings is 1. The molecule has 2 unspecified atom stereocenters. The van der Waals surface area contributed by atoms with Crippen LogP contribution in [0.3, 0.4) is 0 Å². The van der Waals surface area contributed by atoms with Gasteiger partial charge in [0.05, 0.1) is 13.2 Å². The van der Waals surface area contributed by atoms with Crippen LogP contribution in [0.1, 0.15) is 11.1 Å². The average Bonchev–Trinajstić information content (AvgIpc) is 3.40. The molecule has 0 saturated carbocycles. The summed E-state index contributed by atoms with van der Waals surface area (Å²) in [6.45, 7) is -1.06. The smallest absolute Gasteiger partial charge is 0.387 e. The summed E-state index contributed by atoms with van der Waals surface area (Å²) in [6.07, 6.45) is -3.90. The van der Waals surface area contributed by atoms with Gasteiger partial charge in [-0.25, -0.2) is 18.9 Å². The number of rotatable bonds is 9. The zero-order valence-electron chi connectivity index (χ0n) is 18.6. The van der Waals surface area contributed by atoms with E-state index < -0.39 is 58.0 Å². The second-order valence-electron chi connectivity index (χ2n) is 7.81. The van der Waals surface area contributed by atoms with Crippen LogP contribution in [0.15, 0.2) is 58.4 Å². The van der Waals surface area contributed by atoms with Crippen molar-refractivity contribution in [3.8, 4) is 10.6 Å². The Bertz CT molecular complexity index is 1470. The second kappa shape index (κ2) is 10.8. The van der Waals surface area contributed by atoms with E-state index in [2.05, 4.69) is 13.8 Å². The van der Waals surface area contributed by atoms with E-state index in [9.17, 15) is 33.8 Å². The normalized spacial score (nSPS) is 23.7. The van der Waals surface area contributed by atoms with Gasteiger partial charge < -0.3 is 29.6 Å². The highest BCUT2D eigenvalue weighted by Crippen LogP contribution is 2.57. The number of phosphoric ester groups is 1. The SMILES string of the molecule is O=c1ccn([C@@H]2O[C@H](COP(=O)(O)OP(=O)(O)O)[C@H](O)C2O)c(=O)n1Cc1cnc(-c2ccccc2)s1. The Morgan fingerprint density at radius 2 is 1.76 bits per heavy atom. The molecule has 4 rings (SSSR count). The molecule has 0 amide bonds. The molecule has 1 aliphatic heterocycles. The van der Waals surface area contributed by atoms with Gasteiger partial charge in [-0.15, -0.1) is 11.3 Å². The monoisotopic (exact) mass is 577 g/mol. The molecule has 1 fully saturated rings. The van der Waals surface area contributed by atoms with Crippen LogP contribution in [0.2, 0.25) is 0 Å². The molecule has 15 nitrogen and oxygen atoms in total. The molecule has 1 saturated heterocycles. The molecule has 37 heavy (non-hydrogen) atoms. The van der Waals surface area contributed by atoms with E-state index in [1.54, 1.807) is 0 Å². The van der Waals surface area contributed by atoms with E-state index in [0.29, 0.717) is 9.88 Å². The fourth-order valence-corrected chi connectivity index (χ4v) is 6.05. The average molecular weight is 577 g/mol. The molecule has 0 aliphatic carbocycles. The quantitative estimate of drug-likeness (QED) is 0.212. The van der Waals surface area contributed by atoms with E-state index in [-0.39, 0.29) is 6.54 Å². The Kier molecular flexibility index (Phi) is 8.09. The molecule has 0 radical (unpaired) electrons. The minimum Gasteiger partial charge on any atom is -0.387 e. The number of ether oxygens (including phenoxy) is 1. The van der Waals surface area contributed by atoms with E-state index in [0.717, 1.165) is 27.0 Å². The van der Waals surface area contributed by atoms with Crippen LogP contribution in [0.25, 0.3) is 10.6 Å². The molecular weight excluding hydrogens is 556 g/mol. The molecule has 3 heterocycles. The number of aliphatic hydroxyl groups excluding tert-OH is 2. The number of phosphoric acid groups is 2. The van der Waals surface area contributed by atoms with Gasteiger partial charge in [0, 0.05) is 28.9 Å². The van der Waals surface area contributed by atoms with Gasteiger partial charge in [-0.05, 0) is 0 Å². The first-order chi connectivity index (χ1) is 17.3. The van der Waals surface area contributed by atoms with Crippen LogP contribution in [-0.2, 0) is 29.2 Å². The summed E-state index contributed by atoms with van der Waals surface area (Å²) in [6, 6.07) is 10.3. The lowest BCUT2D eigenvalue weighted by molar-refractivity contribution is -0.0547. The number of aromatic nitrogens is 3. The second-order valence-corrected chi connectivity index (χ2v) is 11.8. The number of hydrogen-bond donors (Lipinski definition) is 5. The van der Waals surface area contributed by atoms with Crippen LogP contribution in [0.5, 0.6) is 0 Å². The fraction of sp³-hybridized carbons (Fsp3) is 0.316. The van der Waals surface area contributed by atoms with Gasteiger partial charge in [0.25, 0.3) is 5.56 Å². The van der Waals surface area contributed by atoms with Crippen molar-refractivity contribution in [1.82, 2.24) is 14.1 Å². The molecule has 2 aromatic heterocycles. The van der Waals surface area contributed by atoms with E-state index in [1.807, 2.05) is 30.3 Å². The van der Waals surface area contributed by atoms with Crippen molar-refractivity contribution in [2.24, 2.45) is 0 Å². The highest BCUT2D eigenvalue weighted by atomic mass is 32.1. The zero-order valence-corrected chi connectivity index (χ0v) is 21.2. The minimum atomic E-state index is -5.37. The zero-order chi connectivity index (χ0) is 27.0. The predicted octanol–water partition coefficient (Wildman–Crippen LogP) is 0.0273. The Morgan fingerprint density at radius 3 is 2.43 bits per heavy atom. The summed E-state index contributed by atoms with van der Waals surface area (Å²) in [4.78, 5) is 57.2. The van der Waals surface area contributed by atoms with Crippen molar-refractivity contribution < 1.29 is 47.6 Å². The van der Waals surface area contributed by atoms with Gasteiger partial charge >= 0.3 is 21.3 Å². The molecular formula is C19H21N3O12P2S. The summed E-state index contributed by atoms with van der Waals surface area (Å²) in [5, 5.41) is 21.4. The summed E-state index contributed by atoms with van der Waals surface area (Å²) < 4.78 is 37.7. The van der Waals surface area contributed by atoms with Crippen molar-refractivity contribution in [2.75, 3.05) is 6.61 Å². The number of hydrogen-bond acceptors (Lipinski definition) is 11. The van der Waals surface area contributed by atoms with Crippen LogP contribution in [-0.4, -0.2) is 63.9 Å². The standard InChI is InChI=1S/C19H21N3O12P2S/c23-14-6-7-21(18-16(25)15(24)13(33-18)10-32-36(30,31)34-35(27,28)29)19(26)22(14)9-12-8-20-17(37-12)11-4-2-1-3-5-11/h1-8,13,15-16,18,24-25H,9-10H2,(H,30,31)(H2,27,28,29)/t13-,15+,16?,18-/m1/s1. The van der Waals surface area contributed by atoms with Gasteiger partial charge in [0.1, 0.15) is 23.3 Å². The first-order valence-electron chi connectivity index (χ1n) is 10.4. The maximum absolute atomic E-state index is 13.1. The van der Waals surface area contributed by atoms with Crippen molar-refractivity contribution in [3.05, 3.63) is 74.5 Å². The predicted molar refractivity (Wildman–Crippen MR) is 126 cm³/mol. The summed E-state index contributed by atoms with van der Waals surface area (Å²) in [5.41, 5.74) is -0.655. The van der Waals surface area contributed by atoms with Gasteiger partial charge in [-0.2, -0.15) is 4.31 Å². The largest absolute Gasteiger partial charge is 0.481 e. The van der Waals surface area contributed by atoms with Crippen molar-refractivity contribution in [3.63, 3.8) is 0 Å². The third-order valence-corrected chi connectivity index (χ3v) is 8.39. The molecule has 0 spiro atoms. The number of benzene rings is 1. The van der Waals surface area contributed by atoms with Gasteiger partial charge in [0.2, 0.25) is 0 Å². The minimum absolute atomic E-state index is 0.131. The Labute approximate surface area is 211 Å². The maximum Gasteiger partial charge on any atom is 0.481 e. The first kappa shape index (κ1) is 27.7. The topological polar surface area (TPSA) is 220 Å². The van der Waals surface area contributed by atoms with E-state index >= 15 is 0 Å². The van der Waals surface area contributed by atoms with Crippen LogP contribution >= 0.6 is 27.0 Å². The molecule has 3 aromatic rings. The third-order valence-electron chi connectivity index (χ3n) is 5.21. The first-order valence-corrected chi connectivity index (χ1v) is 14.3. The molecule has 0 bridgehead atoms. The lowest BCUT2D eigenvalue weighted by Crippen LogP contribution is -2.43. The lowest BCUT2D eigenvalue weighted by Gasteiger charge is -2.19. The number of nitrogens with zero attached hydrogens (tertiary/aromatic N) is 3. The Morgan fingerprint density at radius 1 is 1.05 bits per heavy atom.